The number of benzene rings is 2. The normalized spacial score (nSPS) is 21.5. The standard InChI is InChI=1S/C32H40B2F4O4/c1-10-25(21-11-15-23(16-12-21)33-39-28(2,3)29(4,5)40-33)26(19-20-32(37,38)27(35)36)22-13-17-24(18-14-22)34-41-30(6,7)31(8,9)42-34/h10-18,27H,1,19-20H2,2-9H3/b26-25+. The third-order valence-corrected chi connectivity index (χ3v) is 9.09. The lowest BCUT2D eigenvalue weighted by molar-refractivity contribution is -0.131. The summed E-state index contributed by atoms with van der Waals surface area (Å²) >= 11 is 0. The molecule has 2 saturated heterocycles. The highest BCUT2D eigenvalue weighted by Gasteiger charge is 2.52. The highest BCUT2D eigenvalue weighted by Crippen LogP contribution is 2.39. The Morgan fingerprint density at radius 3 is 1.40 bits per heavy atom. The van der Waals surface area contributed by atoms with Gasteiger partial charge in [-0.25, -0.2) is 17.6 Å². The van der Waals surface area contributed by atoms with Crippen LogP contribution in [0.5, 0.6) is 0 Å². The Balaban J connectivity index is 1.68. The van der Waals surface area contributed by atoms with E-state index in [1.165, 1.54) is 0 Å². The fraction of sp³-hybridized carbons (Fsp3) is 0.500. The Hall–Kier alpha value is -2.39. The third kappa shape index (κ3) is 6.28. The van der Waals surface area contributed by atoms with Crippen LogP contribution in [0.3, 0.4) is 0 Å². The summed E-state index contributed by atoms with van der Waals surface area (Å²) in [6, 6.07) is 14.6. The van der Waals surface area contributed by atoms with E-state index in [2.05, 4.69) is 6.58 Å². The van der Waals surface area contributed by atoms with Crippen LogP contribution in [0, 0.1) is 0 Å². The summed E-state index contributed by atoms with van der Waals surface area (Å²) in [5, 5.41) is 0. The highest BCUT2D eigenvalue weighted by molar-refractivity contribution is 6.62. The molecule has 2 fully saturated rings. The molecule has 0 N–H and O–H groups in total. The summed E-state index contributed by atoms with van der Waals surface area (Å²) < 4.78 is 78.9. The van der Waals surface area contributed by atoms with E-state index in [1.54, 1.807) is 18.2 Å². The molecule has 0 atom stereocenters. The lowest BCUT2D eigenvalue weighted by Gasteiger charge is -2.32. The van der Waals surface area contributed by atoms with Gasteiger partial charge in [0.05, 0.1) is 22.4 Å². The molecule has 0 bridgehead atoms. The van der Waals surface area contributed by atoms with Crippen LogP contribution in [0.2, 0.25) is 0 Å². The molecule has 2 aromatic rings. The van der Waals surface area contributed by atoms with E-state index in [4.69, 9.17) is 18.6 Å². The molecule has 0 aromatic heterocycles. The summed E-state index contributed by atoms with van der Waals surface area (Å²) in [7, 11) is -1.16. The van der Waals surface area contributed by atoms with E-state index < -0.39 is 55.4 Å². The Kier molecular flexibility index (Phi) is 8.73. The molecule has 0 saturated carbocycles. The van der Waals surface area contributed by atoms with Gasteiger partial charge in [-0.15, -0.1) is 0 Å². The van der Waals surface area contributed by atoms with Gasteiger partial charge in [-0.3, -0.25) is 0 Å². The van der Waals surface area contributed by atoms with E-state index in [0.29, 0.717) is 22.3 Å². The van der Waals surface area contributed by atoms with Gasteiger partial charge in [-0.1, -0.05) is 61.2 Å². The van der Waals surface area contributed by atoms with Gasteiger partial charge in [0.15, 0.2) is 0 Å². The molecule has 226 valence electrons. The highest BCUT2D eigenvalue weighted by atomic mass is 19.3. The first-order valence-electron chi connectivity index (χ1n) is 14.2. The van der Waals surface area contributed by atoms with E-state index >= 15 is 0 Å². The summed E-state index contributed by atoms with van der Waals surface area (Å²) in [5.41, 5.74) is 1.89. The molecule has 10 heteroatoms. The van der Waals surface area contributed by atoms with Gasteiger partial charge in [0.2, 0.25) is 0 Å². The average Bonchev–Trinajstić information content (AvgIpc) is 3.26. The van der Waals surface area contributed by atoms with Crippen LogP contribution in [-0.4, -0.2) is 49.0 Å². The maximum Gasteiger partial charge on any atom is 0.494 e. The van der Waals surface area contributed by atoms with Crippen molar-refractivity contribution in [3.05, 3.63) is 72.3 Å². The van der Waals surface area contributed by atoms with Crippen LogP contribution in [0.25, 0.3) is 11.1 Å². The molecule has 0 unspecified atom stereocenters. The minimum absolute atomic E-state index is 0.284. The number of hydrogen-bond donors (Lipinski definition) is 0. The Bertz CT molecular complexity index is 1290. The fourth-order valence-electron chi connectivity index (χ4n) is 4.87. The minimum atomic E-state index is -4.12. The predicted octanol–water partition coefficient (Wildman–Crippen LogP) is 7.06. The zero-order valence-corrected chi connectivity index (χ0v) is 25.7. The Labute approximate surface area is 247 Å². The monoisotopic (exact) mass is 586 g/mol. The first-order valence-corrected chi connectivity index (χ1v) is 14.2. The number of allylic oxidation sites excluding steroid dienone is 3. The van der Waals surface area contributed by atoms with E-state index in [-0.39, 0.29) is 6.42 Å². The molecule has 2 aromatic carbocycles. The second-order valence-electron chi connectivity index (χ2n) is 13.1. The smallest absolute Gasteiger partial charge is 0.399 e. The lowest BCUT2D eigenvalue weighted by atomic mass is 9.77. The minimum Gasteiger partial charge on any atom is -0.399 e. The topological polar surface area (TPSA) is 36.9 Å². The van der Waals surface area contributed by atoms with Crippen LogP contribution in [0.1, 0.15) is 79.4 Å². The van der Waals surface area contributed by atoms with Crippen molar-refractivity contribution < 1.29 is 36.2 Å². The molecule has 0 spiro atoms. The van der Waals surface area contributed by atoms with Crippen molar-refractivity contribution in [3.63, 3.8) is 0 Å². The molecular formula is C32H40B2F4O4. The molecule has 2 heterocycles. The number of hydrogen-bond acceptors (Lipinski definition) is 4. The summed E-state index contributed by atoms with van der Waals surface area (Å²) in [4.78, 5) is 0. The van der Waals surface area contributed by atoms with Crippen molar-refractivity contribution in [2.75, 3.05) is 0 Å². The first-order chi connectivity index (χ1) is 19.3. The van der Waals surface area contributed by atoms with E-state index in [1.807, 2.05) is 91.8 Å². The lowest BCUT2D eigenvalue weighted by Crippen LogP contribution is -2.41. The predicted molar refractivity (Wildman–Crippen MR) is 162 cm³/mol. The SMILES string of the molecule is C=C/C(=C(/CCC(F)(F)C(F)F)c1ccc(B2OC(C)(C)C(C)(C)O2)cc1)c1ccc(B2OC(C)(C)C(C)(C)O2)cc1. The van der Waals surface area contributed by atoms with Crippen LogP contribution in [0.15, 0.2) is 61.2 Å². The average molecular weight is 586 g/mol. The van der Waals surface area contributed by atoms with Gasteiger partial charge in [-0.2, -0.15) is 0 Å². The van der Waals surface area contributed by atoms with Crippen molar-refractivity contribution >= 4 is 36.3 Å². The van der Waals surface area contributed by atoms with Crippen molar-refractivity contribution in [3.8, 4) is 0 Å². The second kappa shape index (κ2) is 11.3. The maximum atomic E-state index is 14.1. The molecule has 2 aliphatic rings. The molecule has 0 aliphatic carbocycles. The molecular weight excluding hydrogens is 546 g/mol. The Morgan fingerprint density at radius 1 is 0.714 bits per heavy atom. The van der Waals surface area contributed by atoms with Crippen LogP contribution in [-0.2, 0) is 18.6 Å². The third-order valence-electron chi connectivity index (χ3n) is 9.09. The van der Waals surface area contributed by atoms with Crippen molar-refractivity contribution in [1.82, 2.24) is 0 Å². The van der Waals surface area contributed by atoms with Crippen molar-refractivity contribution in [1.29, 1.82) is 0 Å². The second-order valence-corrected chi connectivity index (χ2v) is 13.1. The first kappa shape index (κ1) is 32.5. The summed E-state index contributed by atoms with van der Waals surface area (Å²) in [6.07, 6.45) is -3.48. The van der Waals surface area contributed by atoms with Gasteiger partial charge >= 0.3 is 26.6 Å². The van der Waals surface area contributed by atoms with Crippen molar-refractivity contribution in [2.24, 2.45) is 0 Å². The van der Waals surface area contributed by atoms with Gasteiger partial charge in [0, 0.05) is 6.42 Å². The zero-order valence-electron chi connectivity index (χ0n) is 25.7. The van der Waals surface area contributed by atoms with Crippen LogP contribution in [0.4, 0.5) is 17.6 Å². The Morgan fingerprint density at radius 2 is 1.07 bits per heavy atom. The van der Waals surface area contributed by atoms with Gasteiger partial charge in [-0.05, 0) is 95.0 Å². The van der Waals surface area contributed by atoms with Crippen molar-refractivity contribution in [2.45, 2.75) is 103 Å². The number of alkyl halides is 4. The van der Waals surface area contributed by atoms with E-state index in [9.17, 15) is 17.6 Å². The largest absolute Gasteiger partial charge is 0.494 e. The molecule has 42 heavy (non-hydrogen) atoms. The van der Waals surface area contributed by atoms with Gasteiger partial charge in [0.1, 0.15) is 0 Å². The fourth-order valence-corrected chi connectivity index (χ4v) is 4.87. The quantitative estimate of drug-likeness (QED) is 0.137. The van der Waals surface area contributed by atoms with Crippen LogP contribution < -0.4 is 10.9 Å². The molecule has 4 nitrogen and oxygen atoms in total. The summed E-state index contributed by atoms with van der Waals surface area (Å²) in [5.74, 6) is -4.12. The summed E-state index contributed by atoms with van der Waals surface area (Å²) in [6.45, 7) is 19.6. The van der Waals surface area contributed by atoms with Crippen LogP contribution >= 0.6 is 0 Å². The van der Waals surface area contributed by atoms with E-state index in [0.717, 1.165) is 10.9 Å². The number of rotatable bonds is 9. The number of halogens is 4. The molecule has 2 aliphatic heterocycles. The zero-order chi connectivity index (χ0) is 31.3. The van der Waals surface area contributed by atoms with Gasteiger partial charge < -0.3 is 18.6 Å². The molecule has 0 radical (unpaired) electrons. The van der Waals surface area contributed by atoms with Gasteiger partial charge in [0.25, 0.3) is 0 Å². The molecule has 0 amide bonds. The maximum absolute atomic E-state index is 14.1. The molecule has 4 rings (SSSR count).